The van der Waals surface area contributed by atoms with Gasteiger partial charge in [0.25, 0.3) is 0 Å². The largest absolute Gasteiger partial charge is 0.439 e. The number of thioether (sulfide) groups is 1. The normalized spacial score (nSPS) is 12.0. The van der Waals surface area contributed by atoms with Crippen LogP contribution < -0.4 is 4.74 Å². The first-order chi connectivity index (χ1) is 15.2. The van der Waals surface area contributed by atoms with Crippen LogP contribution in [0, 0.1) is 0 Å². The minimum absolute atomic E-state index is 0.494. The second kappa shape index (κ2) is 10.1. The molecule has 0 spiro atoms. The lowest BCUT2D eigenvalue weighted by atomic mass is 10.0. The lowest BCUT2D eigenvalue weighted by Gasteiger charge is -2.08. The molecule has 0 radical (unpaired) electrons. The number of hydrogen-bond donors (Lipinski definition) is 0. The second-order valence-corrected chi connectivity index (χ2v) is 8.52. The van der Waals surface area contributed by atoms with Gasteiger partial charge in [0.15, 0.2) is 0 Å². The molecule has 0 heterocycles. The van der Waals surface area contributed by atoms with E-state index in [0.29, 0.717) is 11.8 Å². The van der Waals surface area contributed by atoms with E-state index in [4.69, 9.17) is 9.73 Å². The molecule has 0 unspecified atom stereocenters. The first kappa shape index (κ1) is 21.0. The standard InChI is InChI=1S/C28H25NOS/c1-21(2)22-12-15-25(16-13-22)29-28(18-19-31-27-10-4-3-5-11-27)30-26-17-14-23-8-6-7-9-24(23)20-26/h3-21H,1-2H3. The van der Waals surface area contributed by atoms with E-state index < -0.39 is 0 Å². The Balaban J connectivity index is 1.60. The summed E-state index contributed by atoms with van der Waals surface area (Å²) in [4.78, 5) is 5.93. The van der Waals surface area contributed by atoms with Gasteiger partial charge < -0.3 is 4.74 Å². The zero-order valence-electron chi connectivity index (χ0n) is 17.7. The van der Waals surface area contributed by atoms with Crippen LogP contribution >= 0.6 is 11.8 Å². The summed E-state index contributed by atoms with van der Waals surface area (Å²) < 4.78 is 6.19. The van der Waals surface area contributed by atoms with Crippen molar-refractivity contribution in [1.29, 1.82) is 0 Å². The first-order valence-corrected chi connectivity index (χ1v) is 11.3. The van der Waals surface area contributed by atoms with Gasteiger partial charge in [-0.05, 0) is 64.1 Å². The molecule has 31 heavy (non-hydrogen) atoms. The van der Waals surface area contributed by atoms with Crippen LogP contribution in [-0.2, 0) is 0 Å². The number of ether oxygens (including phenoxy) is 1. The van der Waals surface area contributed by atoms with Crippen LogP contribution in [0.2, 0.25) is 0 Å². The van der Waals surface area contributed by atoms with Crippen molar-refractivity contribution < 1.29 is 4.74 Å². The summed E-state index contributed by atoms with van der Waals surface area (Å²) in [6.45, 7) is 4.38. The summed E-state index contributed by atoms with van der Waals surface area (Å²) in [5.41, 5.74) is 2.17. The van der Waals surface area contributed by atoms with Crippen LogP contribution in [0.3, 0.4) is 0 Å². The Morgan fingerprint density at radius 1 is 0.806 bits per heavy atom. The molecule has 0 amide bonds. The fourth-order valence-corrected chi connectivity index (χ4v) is 3.83. The average Bonchev–Trinajstić information content (AvgIpc) is 2.80. The molecular weight excluding hydrogens is 398 g/mol. The Hall–Kier alpha value is -3.30. The highest BCUT2D eigenvalue weighted by molar-refractivity contribution is 8.02. The molecule has 0 bridgehead atoms. The zero-order chi connectivity index (χ0) is 21.5. The summed E-state index contributed by atoms with van der Waals surface area (Å²) in [7, 11) is 0. The van der Waals surface area contributed by atoms with Gasteiger partial charge >= 0.3 is 0 Å². The number of rotatable bonds is 6. The average molecular weight is 424 g/mol. The molecule has 154 valence electrons. The Morgan fingerprint density at radius 3 is 2.26 bits per heavy atom. The fourth-order valence-electron chi connectivity index (χ4n) is 3.18. The molecule has 4 rings (SSSR count). The van der Waals surface area contributed by atoms with E-state index in [-0.39, 0.29) is 0 Å². The van der Waals surface area contributed by atoms with Crippen LogP contribution in [0.4, 0.5) is 5.69 Å². The van der Waals surface area contributed by atoms with E-state index >= 15 is 0 Å². The van der Waals surface area contributed by atoms with Gasteiger partial charge in [0.1, 0.15) is 5.75 Å². The minimum Gasteiger partial charge on any atom is -0.439 e. The Bertz CT molecular complexity index is 1190. The number of benzene rings is 4. The quantitative estimate of drug-likeness (QED) is 0.176. The third-order valence-electron chi connectivity index (χ3n) is 4.90. The van der Waals surface area contributed by atoms with Crippen LogP contribution in [-0.4, -0.2) is 5.90 Å². The summed E-state index contributed by atoms with van der Waals surface area (Å²) in [5.74, 6) is 1.81. The number of aliphatic imine (C=N–C) groups is 1. The summed E-state index contributed by atoms with van der Waals surface area (Å²) >= 11 is 1.64. The fraction of sp³-hybridized carbons (Fsp3) is 0.107. The first-order valence-electron chi connectivity index (χ1n) is 10.4. The van der Waals surface area contributed by atoms with E-state index in [0.717, 1.165) is 16.8 Å². The van der Waals surface area contributed by atoms with Crippen molar-refractivity contribution in [2.24, 2.45) is 4.99 Å². The Morgan fingerprint density at radius 2 is 1.52 bits per heavy atom. The molecule has 2 nitrogen and oxygen atoms in total. The van der Waals surface area contributed by atoms with Crippen LogP contribution in [0.5, 0.6) is 5.75 Å². The third-order valence-corrected chi connectivity index (χ3v) is 5.72. The predicted molar refractivity (Wildman–Crippen MR) is 134 cm³/mol. The predicted octanol–water partition coefficient (Wildman–Crippen LogP) is 8.38. The van der Waals surface area contributed by atoms with Crippen molar-refractivity contribution in [2.75, 3.05) is 0 Å². The smallest absolute Gasteiger partial charge is 0.220 e. The molecule has 0 aliphatic carbocycles. The number of nitrogens with zero attached hydrogens (tertiary/aromatic N) is 1. The zero-order valence-corrected chi connectivity index (χ0v) is 18.5. The van der Waals surface area contributed by atoms with Crippen molar-refractivity contribution in [3.63, 3.8) is 0 Å². The van der Waals surface area contributed by atoms with Crippen molar-refractivity contribution in [2.45, 2.75) is 24.7 Å². The van der Waals surface area contributed by atoms with Gasteiger partial charge in [-0.2, -0.15) is 0 Å². The molecule has 3 heteroatoms. The van der Waals surface area contributed by atoms with E-state index in [2.05, 4.69) is 56.3 Å². The molecule has 0 aromatic heterocycles. The molecular formula is C28H25NOS. The van der Waals surface area contributed by atoms with Gasteiger partial charge in [-0.1, -0.05) is 86.3 Å². The molecule has 4 aromatic rings. The van der Waals surface area contributed by atoms with Crippen molar-refractivity contribution >= 4 is 34.1 Å². The van der Waals surface area contributed by atoms with Crippen LogP contribution in [0.25, 0.3) is 10.8 Å². The van der Waals surface area contributed by atoms with E-state index in [1.54, 1.807) is 11.8 Å². The van der Waals surface area contributed by atoms with Gasteiger partial charge in [-0.25, -0.2) is 4.99 Å². The van der Waals surface area contributed by atoms with E-state index in [1.165, 1.54) is 15.8 Å². The van der Waals surface area contributed by atoms with Gasteiger partial charge in [0, 0.05) is 11.0 Å². The Labute approximate surface area is 188 Å². The van der Waals surface area contributed by atoms with Crippen molar-refractivity contribution in [3.8, 4) is 5.75 Å². The highest BCUT2D eigenvalue weighted by Crippen LogP contribution is 2.24. The van der Waals surface area contributed by atoms with Gasteiger partial charge in [-0.15, -0.1) is 0 Å². The summed E-state index contributed by atoms with van der Waals surface area (Å²) in [6, 6.07) is 32.9. The number of hydrogen-bond acceptors (Lipinski definition) is 3. The molecule has 0 saturated heterocycles. The maximum absolute atomic E-state index is 6.19. The van der Waals surface area contributed by atoms with E-state index in [1.807, 2.05) is 66.1 Å². The van der Waals surface area contributed by atoms with Gasteiger partial charge in [0.2, 0.25) is 5.90 Å². The highest BCUT2D eigenvalue weighted by Gasteiger charge is 2.04. The molecule has 0 saturated carbocycles. The maximum atomic E-state index is 6.19. The Kier molecular flexibility index (Phi) is 6.85. The molecule has 0 aliphatic heterocycles. The lowest BCUT2D eigenvalue weighted by molar-refractivity contribution is 0.557. The lowest BCUT2D eigenvalue weighted by Crippen LogP contribution is -2.04. The van der Waals surface area contributed by atoms with Crippen molar-refractivity contribution in [1.82, 2.24) is 0 Å². The molecule has 4 aromatic carbocycles. The summed E-state index contributed by atoms with van der Waals surface area (Å²) in [6.07, 6.45) is 1.92. The monoisotopic (exact) mass is 423 g/mol. The topological polar surface area (TPSA) is 21.6 Å². The third kappa shape index (κ3) is 5.87. The van der Waals surface area contributed by atoms with Crippen LogP contribution in [0.15, 0.2) is 118 Å². The SMILES string of the molecule is CC(C)c1ccc(N=C(C=CSc2ccccc2)Oc2ccc3ccccc3c2)cc1. The van der Waals surface area contributed by atoms with Gasteiger partial charge in [0.05, 0.1) is 5.69 Å². The second-order valence-electron chi connectivity index (χ2n) is 7.54. The van der Waals surface area contributed by atoms with Crippen molar-refractivity contribution in [3.05, 3.63) is 114 Å². The molecule has 0 atom stereocenters. The minimum atomic E-state index is 0.494. The van der Waals surface area contributed by atoms with Gasteiger partial charge in [-0.3, -0.25) is 0 Å². The number of fused-ring (bicyclic) bond motifs is 1. The molecule has 0 fully saturated rings. The van der Waals surface area contributed by atoms with E-state index in [9.17, 15) is 0 Å². The highest BCUT2D eigenvalue weighted by atomic mass is 32.2. The maximum Gasteiger partial charge on any atom is 0.220 e. The summed E-state index contributed by atoms with van der Waals surface area (Å²) in [5, 5.41) is 4.34. The molecule has 0 aliphatic rings. The molecule has 0 N–H and O–H groups in total. The van der Waals surface area contributed by atoms with Crippen LogP contribution in [0.1, 0.15) is 25.3 Å².